The molecular weight excluding hydrogens is 278 g/mol. The van der Waals surface area contributed by atoms with Crippen molar-refractivity contribution in [2.24, 2.45) is 0 Å². The van der Waals surface area contributed by atoms with E-state index in [9.17, 15) is 0 Å². The predicted octanol–water partition coefficient (Wildman–Crippen LogP) is 4.07. The molecule has 0 amide bonds. The predicted molar refractivity (Wildman–Crippen MR) is 80.8 cm³/mol. The van der Waals surface area contributed by atoms with Crippen LogP contribution in [0.4, 0.5) is 0 Å². The second-order valence-corrected chi connectivity index (χ2v) is 6.14. The van der Waals surface area contributed by atoms with E-state index < -0.39 is 0 Å². The van der Waals surface area contributed by atoms with Gasteiger partial charge in [-0.3, -0.25) is 4.68 Å². The largest absolute Gasteiger partial charge is 0.251 e. The summed E-state index contributed by atoms with van der Waals surface area (Å²) in [4.78, 5) is 1.29. The zero-order valence-corrected chi connectivity index (χ0v) is 12.8. The zero-order chi connectivity index (χ0) is 13.7. The molecule has 2 aromatic rings. The standard InChI is InChI=1S/C14H18ClN3S/c1-3-13(15)14-10-18(17-16-14)8-9-19-12-6-4-11(2)5-7-12/h4-7,10,13H,3,8-9H2,1-2H3. The molecular formula is C14H18ClN3S. The topological polar surface area (TPSA) is 30.7 Å². The molecule has 0 aliphatic carbocycles. The van der Waals surface area contributed by atoms with Crippen molar-refractivity contribution in [3.63, 3.8) is 0 Å². The van der Waals surface area contributed by atoms with Gasteiger partial charge < -0.3 is 0 Å². The monoisotopic (exact) mass is 295 g/mol. The number of aromatic nitrogens is 3. The maximum absolute atomic E-state index is 6.13. The molecule has 1 heterocycles. The highest BCUT2D eigenvalue weighted by Gasteiger charge is 2.09. The second kappa shape index (κ2) is 6.96. The highest BCUT2D eigenvalue weighted by Crippen LogP contribution is 2.21. The van der Waals surface area contributed by atoms with Gasteiger partial charge in [0.2, 0.25) is 0 Å². The van der Waals surface area contributed by atoms with Crippen molar-refractivity contribution in [3.05, 3.63) is 41.7 Å². The summed E-state index contributed by atoms with van der Waals surface area (Å²) in [5.41, 5.74) is 2.16. The Hall–Kier alpha value is -1.00. The smallest absolute Gasteiger partial charge is 0.100 e. The molecule has 0 aliphatic heterocycles. The number of hydrogen-bond acceptors (Lipinski definition) is 3. The third-order valence-corrected chi connectivity index (χ3v) is 4.37. The fourth-order valence-electron chi connectivity index (χ4n) is 1.67. The molecule has 19 heavy (non-hydrogen) atoms. The van der Waals surface area contributed by atoms with Gasteiger partial charge in [-0.15, -0.1) is 28.5 Å². The van der Waals surface area contributed by atoms with Gasteiger partial charge in [0.05, 0.1) is 11.9 Å². The molecule has 1 unspecified atom stereocenters. The first-order valence-electron chi connectivity index (χ1n) is 6.42. The molecule has 5 heteroatoms. The lowest BCUT2D eigenvalue weighted by molar-refractivity contribution is 0.632. The lowest BCUT2D eigenvalue weighted by Gasteiger charge is -2.02. The Kier molecular flexibility index (Phi) is 5.28. The van der Waals surface area contributed by atoms with Crippen molar-refractivity contribution in [2.75, 3.05) is 5.75 Å². The number of alkyl halides is 1. The van der Waals surface area contributed by atoms with Gasteiger partial charge in [-0.2, -0.15) is 0 Å². The molecule has 0 aliphatic rings. The van der Waals surface area contributed by atoms with Crippen LogP contribution in [-0.4, -0.2) is 20.7 Å². The molecule has 0 radical (unpaired) electrons. The minimum Gasteiger partial charge on any atom is -0.251 e. The van der Waals surface area contributed by atoms with Gasteiger partial charge in [0.15, 0.2) is 0 Å². The Morgan fingerprint density at radius 3 is 2.74 bits per heavy atom. The van der Waals surface area contributed by atoms with E-state index in [0.29, 0.717) is 0 Å². The minimum absolute atomic E-state index is 0.0292. The van der Waals surface area contributed by atoms with Crippen LogP contribution in [-0.2, 0) is 6.54 Å². The van der Waals surface area contributed by atoms with Gasteiger partial charge in [-0.1, -0.05) is 29.8 Å². The fourth-order valence-corrected chi connectivity index (χ4v) is 2.61. The Balaban J connectivity index is 1.82. The molecule has 0 bridgehead atoms. The van der Waals surface area contributed by atoms with E-state index in [1.165, 1.54) is 10.5 Å². The second-order valence-electron chi connectivity index (χ2n) is 4.44. The molecule has 0 saturated carbocycles. The Labute approximate surface area is 123 Å². The molecule has 0 fully saturated rings. The molecule has 3 nitrogen and oxygen atoms in total. The lowest BCUT2D eigenvalue weighted by atomic mass is 10.2. The van der Waals surface area contributed by atoms with Crippen molar-refractivity contribution in [1.82, 2.24) is 15.0 Å². The summed E-state index contributed by atoms with van der Waals surface area (Å²) in [7, 11) is 0. The van der Waals surface area contributed by atoms with Gasteiger partial charge in [-0.05, 0) is 25.5 Å². The molecule has 1 aromatic carbocycles. The van der Waals surface area contributed by atoms with Gasteiger partial charge in [-0.25, -0.2) is 0 Å². The van der Waals surface area contributed by atoms with E-state index >= 15 is 0 Å². The summed E-state index contributed by atoms with van der Waals surface area (Å²) in [6, 6.07) is 8.57. The van der Waals surface area contributed by atoms with Crippen molar-refractivity contribution in [3.8, 4) is 0 Å². The first-order chi connectivity index (χ1) is 9.19. The van der Waals surface area contributed by atoms with Gasteiger partial charge in [0.1, 0.15) is 5.69 Å². The number of aryl methyl sites for hydroxylation is 2. The van der Waals surface area contributed by atoms with Crippen LogP contribution in [0.5, 0.6) is 0 Å². The van der Waals surface area contributed by atoms with E-state index in [1.54, 1.807) is 0 Å². The molecule has 0 saturated heterocycles. The third kappa shape index (κ3) is 4.25. The van der Waals surface area contributed by atoms with E-state index in [-0.39, 0.29) is 5.38 Å². The summed E-state index contributed by atoms with van der Waals surface area (Å²) in [6.07, 6.45) is 2.81. The lowest BCUT2D eigenvalue weighted by Crippen LogP contribution is -2.01. The van der Waals surface area contributed by atoms with Gasteiger partial charge in [0.25, 0.3) is 0 Å². The number of thioether (sulfide) groups is 1. The normalized spacial score (nSPS) is 12.6. The van der Waals surface area contributed by atoms with Gasteiger partial charge >= 0.3 is 0 Å². The molecule has 1 atom stereocenters. The summed E-state index contributed by atoms with van der Waals surface area (Å²) in [6.45, 7) is 4.99. The first-order valence-corrected chi connectivity index (χ1v) is 7.85. The van der Waals surface area contributed by atoms with Crippen LogP contribution in [0, 0.1) is 6.92 Å². The Bertz CT molecular complexity index is 510. The number of benzene rings is 1. The average Bonchev–Trinajstić information content (AvgIpc) is 2.89. The van der Waals surface area contributed by atoms with Crippen LogP contribution >= 0.6 is 23.4 Å². The van der Waals surface area contributed by atoms with Crippen molar-refractivity contribution in [1.29, 1.82) is 0 Å². The quantitative estimate of drug-likeness (QED) is 0.594. The molecule has 0 N–H and O–H groups in total. The van der Waals surface area contributed by atoms with Crippen LogP contribution in [0.2, 0.25) is 0 Å². The third-order valence-electron chi connectivity index (χ3n) is 2.85. The maximum Gasteiger partial charge on any atom is 0.100 e. The van der Waals surface area contributed by atoms with E-state index in [1.807, 2.05) is 29.6 Å². The maximum atomic E-state index is 6.13. The fraction of sp³-hybridized carbons (Fsp3) is 0.429. The SMILES string of the molecule is CCC(Cl)c1cn(CCSc2ccc(C)cc2)nn1. The Morgan fingerprint density at radius 2 is 2.05 bits per heavy atom. The van der Waals surface area contributed by atoms with Crippen molar-refractivity contribution in [2.45, 2.75) is 37.1 Å². The Morgan fingerprint density at radius 1 is 1.32 bits per heavy atom. The number of rotatable bonds is 6. The number of nitrogens with zero attached hydrogens (tertiary/aromatic N) is 3. The van der Waals surface area contributed by atoms with E-state index in [2.05, 4.69) is 41.5 Å². The van der Waals surface area contributed by atoms with E-state index in [4.69, 9.17) is 11.6 Å². The van der Waals surface area contributed by atoms with Crippen LogP contribution in [0.3, 0.4) is 0 Å². The minimum atomic E-state index is -0.0292. The van der Waals surface area contributed by atoms with Crippen LogP contribution < -0.4 is 0 Å². The average molecular weight is 296 g/mol. The van der Waals surface area contributed by atoms with Crippen molar-refractivity contribution < 1.29 is 0 Å². The van der Waals surface area contributed by atoms with Gasteiger partial charge in [0, 0.05) is 16.8 Å². The molecule has 102 valence electrons. The van der Waals surface area contributed by atoms with Crippen LogP contribution in [0.15, 0.2) is 35.4 Å². The molecule has 1 aromatic heterocycles. The van der Waals surface area contributed by atoms with Crippen LogP contribution in [0.25, 0.3) is 0 Å². The summed E-state index contributed by atoms with van der Waals surface area (Å²) in [5, 5.41) is 8.17. The zero-order valence-electron chi connectivity index (χ0n) is 11.2. The summed E-state index contributed by atoms with van der Waals surface area (Å²) in [5.74, 6) is 0.977. The summed E-state index contributed by atoms with van der Waals surface area (Å²) < 4.78 is 1.86. The first kappa shape index (κ1) is 14.4. The number of halogens is 1. The van der Waals surface area contributed by atoms with Crippen molar-refractivity contribution >= 4 is 23.4 Å². The molecule has 0 spiro atoms. The summed E-state index contributed by atoms with van der Waals surface area (Å²) >= 11 is 7.95. The molecule has 2 rings (SSSR count). The van der Waals surface area contributed by atoms with E-state index in [0.717, 1.165) is 24.4 Å². The number of hydrogen-bond donors (Lipinski definition) is 0. The van der Waals surface area contributed by atoms with Crippen LogP contribution in [0.1, 0.15) is 30.0 Å². The highest BCUT2D eigenvalue weighted by molar-refractivity contribution is 7.99. The highest BCUT2D eigenvalue weighted by atomic mass is 35.5.